The molecule has 0 saturated heterocycles. The van der Waals surface area contributed by atoms with Crippen LogP contribution in [0.1, 0.15) is 0 Å². The summed E-state index contributed by atoms with van der Waals surface area (Å²) >= 11 is -1.86. The van der Waals surface area contributed by atoms with Crippen molar-refractivity contribution in [2.75, 3.05) is 0 Å². The van der Waals surface area contributed by atoms with Gasteiger partial charge < -0.3 is 4.55 Å². The minimum absolute atomic E-state index is 0. The summed E-state index contributed by atoms with van der Waals surface area (Å²) in [6, 6.07) is 0. The molecule has 0 saturated carbocycles. The molecule has 0 aromatic carbocycles. The molecule has 0 radical (unpaired) electrons. The average Bonchev–Trinajstić information content (AvgIpc) is 0.811. The van der Waals surface area contributed by atoms with Crippen LogP contribution in [0.3, 0.4) is 0 Å². The maximum Gasteiger partial charge on any atom is 0 e. The molecule has 4 heteroatoms. The molecule has 0 aliphatic heterocycles. The van der Waals surface area contributed by atoms with Crippen molar-refractivity contribution < 1.29 is 8.76 Å². The zero-order valence-electron chi connectivity index (χ0n) is 2.68. The normalized spacial score (nSPS) is 12.4. The third-order valence-electron chi connectivity index (χ3n) is 0. The first-order valence-electron chi connectivity index (χ1n) is 0.638. The van der Waals surface area contributed by atoms with Gasteiger partial charge in [0, 0.05) is 0 Å². The Morgan fingerprint density at radius 2 is 1.80 bits per heavy atom. The molecule has 0 rings (SSSR count). The van der Waals surface area contributed by atoms with Gasteiger partial charge in [-0.1, -0.05) is 0 Å². The van der Waals surface area contributed by atoms with E-state index in [0.717, 1.165) is 0 Å². The van der Waals surface area contributed by atoms with Crippen LogP contribution >= 0.6 is 0 Å². The molecular formula is CH3O2RfS-. The van der Waals surface area contributed by atoms with Gasteiger partial charge in [-0.3, -0.25) is 4.21 Å². The van der Waals surface area contributed by atoms with Crippen molar-refractivity contribution >= 4 is 11.1 Å². The van der Waals surface area contributed by atoms with Crippen LogP contribution in [-0.4, -0.2) is 8.76 Å². The fraction of sp³-hybridized carbons (Fsp3) is 0. The first-order valence-corrected chi connectivity index (χ1v) is 1.91. The van der Waals surface area contributed by atoms with Gasteiger partial charge in [0.25, 0.3) is 0 Å². The molecule has 5 heavy (non-hydrogen) atoms. The predicted octanol–water partition coefficient (Wildman–Crippen LogP) is -0.000310. The zero-order valence-corrected chi connectivity index (χ0v) is 9.89. The van der Waals surface area contributed by atoms with E-state index in [1.807, 2.05) is 0 Å². The molecule has 0 aliphatic carbocycles. The van der Waals surface area contributed by atoms with Gasteiger partial charge in [-0.2, -0.15) is 0 Å². The molecule has 0 aromatic heterocycles. The number of hydrogen-bond donors (Lipinski definition) is 1. The Bertz CT molecular complexity index is 32.6. The Kier molecular flexibility index (Phi) is 5.55. The molecule has 0 aromatic rings. The Morgan fingerprint density at radius 1 is 1.80 bits per heavy atom. The second kappa shape index (κ2) is 3.11. The van der Waals surface area contributed by atoms with Crippen LogP contribution < -0.4 is 0 Å². The Morgan fingerprint density at radius 3 is 1.80 bits per heavy atom. The summed E-state index contributed by atoms with van der Waals surface area (Å²) in [4.78, 5) is 0. The van der Waals surface area contributed by atoms with E-state index in [4.69, 9.17) is 8.76 Å². The van der Waals surface area contributed by atoms with Gasteiger partial charge in [-0.25, -0.2) is 6.26 Å². The molecule has 0 fully saturated rings. The van der Waals surface area contributed by atoms with Crippen LogP contribution in [0.4, 0.5) is 0 Å². The van der Waals surface area contributed by atoms with Crippen LogP contribution in [0.5, 0.6) is 0 Å². The fourth-order valence-corrected chi connectivity index (χ4v) is 0. The minimum atomic E-state index is -1.86. The molecule has 1 atom stereocenters. The van der Waals surface area contributed by atoms with Crippen molar-refractivity contribution in [2.45, 2.75) is 0 Å². The van der Waals surface area contributed by atoms with Gasteiger partial charge in [0.05, 0.1) is 0 Å². The van der Waals surface area contributed by atoms with Crippen LogP contribution in [0, 0.1) is 6.26 Å². The summed E-state index contributed by atoms with van der Waals surface area (Å²) in [6.45, 7) is 0. The van der Waals surface area contributed by atoms with E-state index in [1.54, 1.807) is 0 Å². The molecule has 1 N–H and O–H groups in total. The van der Waals surface area contributed by atoms with Crippen molar-refractivity contribution in [1.82, 2.24) is 0 Å². The Balaban J connectivity index is 0. The molecule has 0 amide bonds. The second-order valence-corrected chi connectivity index (χ2v) is 0.964. The van der Waals surface area contributed by atoms with E-state index in [9.17, 15) is 0 Å². The molecule has 0 aliphatic rings. The quantitative estimate of drug-likeness (QED) is 0.495. The zero-order chi connectivity index (χ0) is 3.58. The van der Waals surface area contributed by atoms with Gasteiger partial charge in [0.1, 0.15) is 0 Å². The first kappa shape index (κ1) is 8.93. The van der Waals surface area contributed by atoms with Gasteiger partial charge >= 0.3 is 0 Å². The van der Waals surface area contributed by atoms with Crippen LogP contribution in [0.2, 0.25) is 0 Å². The van der Waals surface area contributed by atoms with Crippen molar-refractivity contribution in [1.29, 1.82) is 0 Å². The molecule has 1 unspecified atom stereocenters. The van der Waals surface area contributed by atoms with E-state index < -0.39 is 11.1 Å². The van der Waals surface area contributed by atoms with Crippen LogP contribution in [0.15, 0.2) is 0 Å². The van der Waals surface area contributed by atoms with E-state index in [2.05, 4.69) is 6.26 Å². The third-order valence-corrected chi connectivity index (χ3v) is 0. The van der Waals surface area contributed by atoms with Crippen LogP contribution in [-0.2, 0) is 11.1 Å². The summed E-state index contributed by atoms with van der Waals surface area (Å²) in [5, 5.41) is 0. The topological polar surface area (TPSA) is 37.3 Å². The summed E-state index contributed by atoms with van der Waals surface area (Å²) in [7, 11) is 0. The van der Waals surface area contributed by atoms with Crippen molar-refractivity contribution in [3.05, 3.63) is 6.26 Å². The number of rotatable bonds is 0. The van der Waals surface area contributed by atoms with Crippen molar-refractivity contribution in [3.63, 3.8) is 0 Å². The molecular weight excluding hydrogens is 343 g/mol. The SMILES string of the molecule is [CH2-]S(=O)O.[Rf]. The fourth-order valence-electron chi connectivity index (χ4n) is 0. The van der Waals surface area contributed by atoms with Gasteiger partial charge in [0.15, 0.2) is 0 Å². The van der Waals surface area contributed by atoms with E-state index >= 15 is 0 Å². The Hall–Kier alpha value is -0.890. The van der Waals surface area contributed by atoms with Crippen molar-refractivity contribution in [2.24, 2.45) is 0 Å². The van der Waals surface area contributed by atoms with E-state index in [-0.39, 0.29) is 0 Å². The summed E-state index contributed by atoms with van der Waals surface area (Å²) in [5.41, 5.74) is 0. The maximum absolute atomic E-state index is 9.00. The summed E-state index contributed by atoms with van der Waals surface area (Å²) in [6.07, 6.45) is 2.67. The molecule has 28 valence electrons. The van der Waals surface area contributed by atoms with Gasteiger partial charge in [-0.05, 0) is 11.1 Å². The molecule has 2 nitrogen and oxygen atoms in total. The van der Waals surface area contributed by atoms with Gasteiger partial charge in [-0.15, -0.1) is 0 Å². The van der Waals surface area contributed by atoms with E-state index in [0.29, 0.717) is 0 Å². The maximum atomic E-state index is 9.00. The smallest absolute Gasteiger partial charge is 0 e. The van der Waals surface area contributed by atoms with Gasteiger partial charge in [0.2, 0.25) is 0 Å². The monoisotopic (exact) mass is 346 g/mol. The predicted molar refractivity (Wildman–Crippen MR) is 16.1 cm³/mol. The van der Waals surface area contributed by atoms with Crippen molar-refractivity contribution in [3.8, 4) is 0 Å². The second-order valence-electron chi connectivity index (χ2n) is 0.321. The Labute approximate surface area is 27.1 Å². The molecule has 0 heterocycles. The van der Waals surface area contributed by atoms with Crippen LogP contribution in [0.25, 0.3) is 0 Å². The standard InChI is InChI=1S/CH3O2S.Rf/c1-4(2)3;/h1H2,(H,2,3);/q-1;. The summed E-state index contributed by atoms with van der Waals surface area (Å²) < 4.78 is 16.4. The average molecular weight is 346 g/mol. The minimum Gasteiger partial charge on any atom is -0.333 e. The molecule has 0 spiro atoms. The largest absolute Gasteiger partial charge is 0.333 e. The number of hydrogen-bond acceptors (Lipinski definition) is 1. The first-order chi connectivity index (χ1) is 1.73. The van der Waals surface area contributed by atoms with E-state index in [1.165, 1.54) is 0 Å². The molecule has 0 bridgehead atoms. The summed E-state index contributed by atoms with van der Waals surface area (Å²) in [5.74, 6) is 0. The third kappa shape index (κ3) is 4.84.